The summed E-state index contributed by atoms with van der Waals surface area (Å²) < 4.78 is 5.76. The molecule has 2 aromatic carbocycles. The molecule has 0 bridgehead atoms. The summed E-state index contributed by atoms with van der Waals surface area (Å²) >= 11 is 0. The largest absolute Gasteiger partial charge is 0.481 e. The monoisotopic (exact) mass is 408 g/mol. The van der Waals surface area contributed by atoms with Crippen LogP contribution in [0.25, 0.3) is 0 Å². The standard InChI is InChI=1S/C25H32N2O3/c1-17(2)20-7-11-23(12-8-20)30-19(4)24(28)26-22-9-5-21(6-10-22)25(29)27-15-13-18(3)14-16-27/h5-12,17-19H,13-16H2,1-4H3,(H,26,28). The van der Waals surface area contributed by atoms with Gasteiger partial charge in [-0.1, -0.05) is 32.9 Å². The molecule has 0 radical (unpaired) electrons. The predicted octanol–water partition coefficient (Wildman–Crippen LogP) is 5.09. The number of hydrogen-bond donors (Lipinski definition) is 1. The summed E-state index contributed by atoms with van der Waals surface area (Å²) in [6.07, 6.45) is 1.47. The van der Waals surface area contributed by atoms with E-state index in [1.807, 2.05) is 29.2 Å². The Morgan fingerprint density at radius 3 is 2.13 bits per heavy atom. The summed E-state index contributed by atoms with van der Waals surface area (Å²) in [5, 5.41) is 2.85. The Morgan fingerprint density at radius 2 is 1.57 bits per heavy atom. The molecule has 2 amide bonds. The molecule has 30 heavy (non-hydrogen) atoms. The minimum Gasteiger partial charge on any atom is -0.481 e. The fourth-order valence-corrected chi connectivity index (χ4v) is 3.52. The molecular formula is C25H32N2O3. The average molecular weight is 409 g/mol. The van der Waals surface area contributed by atoms with E-state index in [9.17, 15) is 9.59 Å². The number of likely N-dealkylation sites (tertiary alicyclic amines) is 1. The van der Waals surface area contributed by atoms with Crippen LogP contribution in [0.5, 0.6) is 5.75 Å². The molecule has 1 saturated heterocycles. The maximum atomic E-state index is 12.6. The van der Waals surface area contributed by atoms with Gasteiger partial charge in [0.1, 0.15) is 5.75 Å². The van der Waals surface area contributed by atoms with Gasteiger partial charge >= 0.3 is 0 Å². The van der Waals surface area contributed by atoms with Gasteiger partial charge in [-0.3, -0.25) is 9.59 Å². The van der Waals surface area contributed by atoms with Gasteiger partial charge in [-0.05, 0) is 73.6 Å². The first-order valence-corrected chi connectivity index (χ1v) is 10.8. The maximum absolute atomic E-state index is 12.6. The average Bonchev–Trinajstić information content (AvgIpc) is 2.74. The molecule has 1 unspecified atom stereocenters. The Bertz CT molecular complexity index is 851. The number of hydrogen-bond acceptors (Lipinski definition) is 3. The van der Waals surface area contributed by atoms with Crippen LogP contribution in [0.2, 0.25) is 0 Å². The Morgan fingerprint density at radius 1 is 0.967 bits per heavy atom. The van der Waals surface area contributed by atoms with Crippen molar-refractivity contribution in [2.24, 2.45) is 5.92 Å². The van der Waals surface area contributed by atoms with Crippen LogP contribution in [0.1, 0.15) is 62.4 Å². The van der Waals surface area contributed by atoms with E-state index >= 15 is 0 Å². The van der Waals surface area contributed by atoms with E-state index in [0.717, 1.165) is 25.9 Å². The molecule has 2 aromatic rings. The number of benzene rings is 2. The fourth-order valence-electron chi connectivity index (χ4n) is 3.52. The smallest absolute Gasteiger partial charge is 0.265 e. The normalized spacial score (nSPS) is 15.7. The highest BCUT2D eigenvalue weighted by Crippen LogP contribution is 2.21. The van der Waals surface area contributed by atoms with E-state index < -0.39 is 6.10 Å². The molecule has 1 N–H and O–H groups in total. The van der Waals surface area contributed by atoms with Gasteiger partial charge in [-0.25, -0.2) is 0 Å². The zero-order chi connectivity index (χ0) is 21.7. The van der Waals surface area contributed by atoms with Crippen molar-refractivity contribution in [3.05, 3.63) is 59.7 Å². The lowest BCUT2D eigenvalue weighted by molar-refractivity contribution is -0.122. The van der Waals surface area contributed by atoms with Gasteiger partial charge in [0.15, 0.2) is 6.10 Å². The Labute approximate surface area is 179 Å². The number of carbonyl (C=O) groups excluding carboxylic acids is 2. The van der Waals surface area contributed by atoms with Gasteiger partial charge in [0.2, 0.25) is 0 Å². The third kappa shape index (κ3) is 5.62. The number of amides is 2. The SMILES string of the molecule is CC1CCN(C(=O)c2ccc(NC(=O)C(C)Oc3ccc(C(C)C)cc3)cc2)CC1. The summed E-state index contributed by atoms with van der Waals surface area (Å²) in [5.74, 6) is 1.63. The van der Waals surface area contributed by atoms with Crippen LogP contribution >= 0.6 is 0 Å². The topological polar surface area (TPSA) is 58.6 Å². The van der Waals surface area contributed by atoms with E-state index in [1.54, 1.807) is 31.2 Å². The van der Waals surface area contributed by atoms with E-state index in [2.05, 4.69) is 26.1 Å². The summed E-state index contributed by atoms with van der Waals surface area (Å²) in [6, 6.07) is 14.9. The second-order valence-corrected chi connectivity index (χ2v) is 8.53. The van der Waals surface area contributed by atoms with Crippen molar-refractivity contribution < 1.29 is 14.3 Å². The fraction of sp³-hybridized carbons (Fsp3) is 0.440. The van der Waals surface area contributed by atoms with Crippen molar-refractivity contribution in [3.63, 3.8) is 0 Å². The molecule has 1 atom stereocenters. The van der Waals surface area contributed by atoms with Gasteiger partial charge in [0.05, 0.1) is 0 Å². The quantitative estimate of drug-likeness (QED) is 0.724. The molecule has 1 fully saturated rings. The maximum Gasteiger partial charge on any atom is 0.265 e. The molecule has 0 spiro atoms. The van der Waals surface area contributed by atoms with Crippen LogP contribution in [0.3, 0.4) is 0 Å². The van der Waals surface area contributed by atoms with Crippen molar-refractivity contribution in [3.8, 4) is 5.75 Å². The summed E-state index contributed by atoms with van der Waals surface area (Å²) in [5.41, 5.74) is 2.53. The lowest BCUT2D eigenvalue weighted by Crippen LogP contribution is -2.37. The molecule has 1 aliphatic rings. The number of nitrogens with zero attached hydrogens (tertiary/aromatic N) is 1. The van der Waals surface area contributed by atoms with Crippen molar-refractivity contribution in [1.82, 2.24) is 4.90 Å². The number of nitrogens with one attached hydrogen (secondary N) is 1. The lowest BCUT2D eigenvalue weighted by atomic mass is 9.98. The number of carbonyl (C=O) groups is 2. The summed E-state index contributed by atoms with van der Waals surface area (Å²) in [4.78, 5) is 27.0. The first-order valence-electron chi connectivity index (χ1n) is 10.8. The zero-order valence-corrected chi connectivity index (χ0v) is 18.4. The number of anilines is 1. The van der Waals surface area contributed by atoms with Gasteiger partial charge < -0.3 is 15.0 Å². The third-order valence-electron chi connectivity index (χ3n) is 5.70. The molecule has 5 heteroatoms. The third-order valence-corrected chi connectivity index (χ3v) is 5.70. The number of rotatable bonds is 6. The van der Waals surface area contributed by atoms with Crippen LogP contribution in [0.15, 0.2) is 48.5 Å². The molecule has 160 valence electrons. The van der Waals surface area contributed by atoms with Crippen LogP contribution in [-0.4, -0.2) is 35.9 Å². The molecule has 1 aliphatic heterocycles. The van der Waals surface area contributed by atoms with Gasteiger partial charge in [-0.15, -0.1) is 0 Å². The predicted molar refractivity (Wildman–Crippen MR) is 120 cm³/mol. The zero-order valence-electron chi connectivity index (χ0n) is 18.4. The van der Waals surface area contributed by atoms with Crippen molar-refractivity contribution >= 4 is 17.5 Å². The molecule has 0 aliphatic carbocycles. The lowest BCUT2D eigenvalue weighted by Gasteiger charge is -2.30. The molecule has 0 aromatic heterocycles. The van der Waals surface area contributed by atoms with E-state index in [0.29, 0.717) is 28.8 Å². The molecule has 5 nitrogen and oxygen atoms in total. The Balaban J connectivity index is 1.54. The van der Waals surface area contributed by atoms with Crippen molar-refractivity contribution in [1.29, 1.82) is 0 Å². The number of piperidine rings is 1. The van der Waals surface area contributed by atoms with E-state index in [-0.39, 0.29) is 11.8 Å². The van der Waals surface area contributed by atoms with Gasteiger partial charge in [0, 0.05) is 24.3 Å². The summed E-state index contributed by atoms with van der Waals surface area (Å²) in [7, 11) is 0. The molecule has 1 heterocycles. The van der Waals surface area contributed by atoms with E-state index in [4.69, 9.17) is 4.74 Å². The number of ether oxygens (including phenoxy) is 1. The minimum atomic E-state index is -0.633. The van der Waals surface area contributed by atoms with Crippen molar-refractivity contribution in [2.45, 2.75) is 52.6 Å². The van der Waals surface area contributed by atoms with Gasteiger partial charge in [0.25, 0.3) is 11.8 Å². The summed E-state index contributed by atoms with van der Waals surface area (Å²) in [6.45, 7) is 9.85. The van der Waals surface area contributed by atoms with Gasteiger partial charge in [-0.2, -0.15) is 0 Å². The van der Waals surface area contributed by atoms with Crippen LogP contribution < -0.4 is 10.1 Å². The minimum absolute atomic E-state index is 0.0568. The first kappa shape index (κ1) is 21.9. The Kier molecular flexibility index (Phi) is 7.14. The molecular weight excluding hydrogens is 376 g/mol. The van der Waals surface area contributed by atoms with Crippen molar-refractivity contribution in [2.75, 3.05) is 18.4 Å². The highest BCUT2D eigenvalue weighted by atomic mass is 16.5. The second kappa shape index (κ2) is 9.79. The highest BCUT2D eigenvalue weighted by Gasteiger charge is 2.21. The van der Waals surface area contributed by atoms with Crippen LogP contribution in [0, 0.1) is 5.92 Å². The highest BCUT2D eigenvalue weighted by molar-refractivity contribution is 5.96. The van der Waals surface area contributed by atoms with Crippen LogP contribution in [-0.2, 0) is 4.79 Å². The van der Waals surface area contributed by atoms with E-state index in [1.165, 1.54) is 5.56 Å². The second-order valence-electron chi connectivity index (χ2n) is 8.53. The Hall–Kier alpha value is -2.82. The van der Waals surface area contributed by atoms with Crippen LogP contribution in [0.4, 0.5) is 5.69 Å². The molecule has 3 rings (SSSR count). The molecule has 0 saturated carbocycles. The first-order chi connectivity index (χ1) is 14.3.